The number of carbonyl (C=O) groups is 1. The van der Waals surface area contributed by atoms with Crippen molar-refractivity contribution in [3.63, 3.8) is 0 Å². The van der Waals surface area contributed by atoms with E-state index in [0.29, 0.717) is 6.42 Å². The summed E-state index contributed by atoms with van der Waals surface area (Å²) in [6.45, 7) is 5.73. The second kappa shape index (κ2) is 5.69. The fourth-order valence-corrected chi connectivity index (χ4v) is 3.06. The molecule has 0 aliphatic heterocycles. The molecule has 0 aromatic heterocycles. The first-order chi connectivity index (χ1) is 6.34. The van der Waals surface area contributed by atoms with Gasteiger partial charge in [-0.15, -0.1) is 0 Å². The van der Waals surface area contributed by atoms with Crippen LogP contribution in [0.25, 0.3) is 0 Å². The predicted octanol–water partition coefficient (Wildman–Crippen LogP) is 1.72. The zero-order valence-electron chi connectivity index (χ0n) is 9.45. The van der Waals surface area contributed by atoms with Crippen LogP contribution in [0.3, 0.4) is 0 Å². The maximum Gasteiger partial charge on any atom is 0.117 e. The number of carbonyl (C=O) groups excluding carboxylic acids is 1. The minimum atomic E-state index is -0.842. The van der Waals surface area contributed by atoms with E-state index in [0.717, 1.165) is 12.7 Å². The van der Waals surface area contributed by atoms with Crippen molar-refractivity contribution in [3.05, 3.63) is 0 Å². The minimum Gasteiger partial charge on any atom is -0.304 e. The summed E-state index contributed by atoms with van der Waals surface area (Å²) in [5.74, 6) is 0.214. The number of rotatable bonds is 6. The van der Waals surface area contributed by atoms with Gasteiger partial charge in [0.15, 0.2) is 0 Å². The van der Waals surface area contributed by atoms with E-state index in [-0.39, 0.29) is 11.2 Å². The molecule has 0 aliphatic carbocycles. The average Bonchev–Trinajstić information content (AvgIpc) is 2.03. The molecule has 0 saturated carbocycles. The Hall–Kier alpha value is -0.115. The molecule has 0 aliphatic rings. The summed E-state index contributed by atoms with van der Waals surface area (Å²) in [6.07, 6.45) is 3.93. The van der Waals surface area contributed by atoms with Crippen molar-refractivity contribution >= 4 is 24.9 Å². The SMILES string of the molecule is [B]C(C)(C=O)CC(C)C(CC)S(C)=O. The highest BCUT2D eigenvalue weighted by atomic mass is 32.2. The van der Waals surface area contributed by atoms with Gasteiger partial charge in [0.2, 0.25) is 0 Å². The van der Waals surface area contributed by atoms with Gasteiger partial charge in [-0.05, 0) is 24.1 Å². The molecule has 80 valence electrons. The van der Waals surface area contributed by atoms with Gasteiger partial charge in [-0.25, -0.2) is 0 Å². The van der Waals surface area contributed by atoms with E-state index in [2.05, 4.69) is 0 Å². The lowest BCUT2D eigenvalue weighted by Crippen LogP contribution is -2.26. The Balaban J connectivity index is 4.38. The van der Waals surface area contributed by atoms with Gasteiger partial charge in [0.25, 0.3) is 0 Å². The van der Waals surface area contributed by atoms with Crippen molar-refractivity contribution in [2.75, 3.05) is 6.26 Å². The molecule has 2 nitrogen and oxygen atoms in total. The van der Waals surface area contributed by atoms with Gasteiger partial charge in [-0.3, -0.25) is 4.21 Å². The van der Waals surface area contributed by atoms with Crippen molar-refractivity contribution in [1.29, 1.82) is 0 Å². The highest BCUT2D eigenvalue weighted by molar-refractivity contribution is 7.84. The normalized spacial score (nSPS) is 22.0. The molecule has 0 N–H and O–H groups in total. The number of hydrogen-bond acceptors (Lipinski definition) is 2. The van der Waals surface area contributed by atoms with Crippen LogP contribution in [0.5, 0.6) is 0 Å². The van der Waals surface area contributed by atoms with E-state index in [1.165, 1.54) is 0 Å². The van der Waals surface area contributed by atoms with Gasteiger partial charge in [0.1, 0.15) is 6.29 Å². The zero-order chi connectivity index (χ0) is 11.4. The molecule has 0 amide bonds. The van der Waals surface area contributed by atoms with E-state index >= 15 is 0 Å². The standard InChI is InChI=1S/C10H19BO2S/c1-5-9(14(4)13)8(2)6-10(3,11)7-12/h7-9H,5-6H2,1-4H3. The van der Waals surface area contributed by atoms with Crippen LogP contribution in [0.2, 0.25) is 5.31 Å². The fraction of sp³-hybridized carbons (Fsp3) is 0.900. The molecule has 2 radical (unpaired) electrons. The first-order valence-corrected chi connectivity index (χ1v) is 6.53. The minimum absolute atomic E-state index is 0.137. The summed E-state index contributed by atoms with van der Waals surface area (Å²) in [4.78, 5) is 10.6. The summed E-state index contributed by atoms with van der Waals surface area (Å²) in [5, 5.41) is -0.649. The second-order valence-corrected chi connectivity index (χ2v) is 5.85. The van der Waals surface area contributed by atoms with Crippen LogP contribution in [0.1, 0.15) is 33.6 Å². The Bertz CT molecular complexity index is 216. The molecular weight excluding hydrogens is 195 g/mol. The van der Waals surface area contributed by atoms with Gasteiger partial charge >= 0.3 is 0 Å². The van der Waals surface area contributed by atoms with E-state index in [1.807, 2.05) is 13.8 Å². The summed E-state index contributed by atoms with van der Waals surface area (Å²) < 4.78 is 11.4. The van der Waals surface area contributed by atoms with Crippen LogP contribution in [0.15, 0.2) is 0 Å². The van der Waals surface area contributed by atoms with Gasteiger partial charge in [-0.2, -0.15) is 0 Å². The van der Waals surface area contributed by atoms with E-state index < -0.39 is 16.1 Å². The lowest BCUT2D eigenvalue weighted by atomic mass is 9.66. The Kier molecular flexibility index (Phi) is 5.64. The van der Waals surface area contributed by atoms with Crippen LogP contribution < -0.4 is 0 Å². The Morgan fingerprint density at radius 2 is 2.07 bits per heavy atom. The molecule has 14 heavy (non-hydrogen) atoms. The maximum atomic E-state index is 11.4. The average molecular weight is 214 g/mol. The second-order valence-electron chi connectivity index (χ2n) is 4.25. The largest absolute Gasteiger partial charge is 0.304 e. The Morgan fingerprint density at radius 3 is 2.36 bits per heavy atom. The van der Waals surface area contributed by atoms with Gasteiger partial charge in [0.05, 0.1) is 7.85 Å². The van der Waals surface area contributed by atoms with Crippen LogP contribution in [-0.4, -0.2) is 29.8 Å². The van der Waals surface area contributed by atoms with Gasteiger partial charge in [0, 0.05) is 22.3 Å². The maximum absolute atomic E-state index is 11.4. The zero-order valence-corrected chi connectivity index (χ0v) is 10.3. The lowest BCUT2D eigenvalue weighted by molar-refractivity contribution is -0.110. The van der Waals surface area contributed by atoms with Crippen molar-refractivity contribution in [2.45, 2.75) is 44.2 Å². The van der Waals surface area contributed by atoms with E-state index in [9.17, 15) is 9.00 Å². The van der Waals surface area contributed by atoms with Gasteiger partial charge < -0.3 is 4.79 Å². The number of aldehydes is 1. The molecule has 0 heterocycles. The van der Waals surface area contributed by atoms with Crippen LogP contribution in [0.4, 0.5) is 0 Å². The van der Waals surface area contributed by atoms with Crippen molar-refractivity contribution in [3.8, 4) is 0 Å². The summed E-state index contributed by atoms with van der Waals surface area (Å²) in [5.41, 5.74) is 0. The van der Waals surface area contributed by atoms with Crippen molar-refractivity contribution in [1.82, 2.24) is 0 Å². The van der Waals surface area contributed by atoms with Crippen molar-refractivity contribution < 1.29 is 9.00 Å². The molecule has 0 aromatic carbocycles. The van der Waals surface area contributed by atoms with Crippen LogP contribution >= 0.6 is 0 Å². The molecule has 0 spiro atoms. The topological polar surface area (TPSA) is 34.1 Å². The van der Waals surface area contributed by atoms with Crippen molar-refractivity contribution in [2.24, 2.45) is 5.92 Å². The summed E-state index contributed by atoms with van der Waals surface area (Å²) >= 11 is 0. The summed E-state index contributed by atoms with van der Waals surface area (Å²) in [6, 6.07) is 0. The van der Waals surface area contributed by atoms with Crippen LogP contribution in [-0.2, 0) is 15.6 Å². The Morgan fingerprint density at radius 1 is 1.57 bits per heavy atom. The third-order valence-electron chi connectivity index (χ3n) is 2.49. The molecule has 0 rings (SSSR count). The monoisotopic (exact) mass is 214 g/mol. The van der Waals surface area contributed by atoms with Crippen LogP contribution in [0, 0.1) is 5.92 Å². The third kappa shape index (κ3) is 4.40. The highest BCUT2D eigenvalue weighted by Gasteiger charge is 2.26. The molecule has 4 atom stereocenters. The molecule has 0 aromatic rings. The molecule has 0 saturated heterocycles. The van der Waals surface area contributed by atoms with E-state index in [1.54, 1.807) is 13.2 Å². The number of hydrogen-bond donors (Lipinski definition) is 0. The quantitative estimate of drug-likeness (QED) is 0.498. The van der Waals surface area contributed by atoms with Gasteiger partial charge in [-0.1, -0.05) is 20.8 Å². The lowest BCUT2D eigenvalue weighted by Gasteiger charge is -2.27. The fourth-order valence-electron chi connectivity index (χ4n) is 1.84. The third-order valence-corrected chi connectivity index (χ3v) is 4.15. The molecule has 4 unspecified atom stereocenters. The molecular formula is C10H19BO2S. The van der Waals surface area contributed by atoms with E-state index in [4.69, 9.17) is 7.85 Å². The highest BCUT2D eigenvalue weighted by Crippen LogP contribution is 2.30. The predicted molar refractivity (Wildman–Crippen MR) is 62.1 cm³/mol. The molecule has 4 heteroatoms. The summed E-state index contributed by atoms with van der Waals surface area (Å²) in [7, 11) is 4.90. The first kappa shape index (κ1) is 13.9. The molecule has 0 bridgehead atoms. The first-order valence-electron chi connectivity index (χ1n) is 4.91. The Labute approximate surface area is 90.7 Å². The molecule has 0 fully saturated rings. The smallest absolute Gasteiger partial charge is 0.117 e.